The Labute approximate surface area is 187 Å². The molecule has 7 nitrogen and oxygen atoms in total. The molecule has 5 rings (SSSR count). The number of thioether (sulfide) groups is 1. The van der Waals surface area contributed by atoms with E-state index in [1.807, 2.05) is 48.5 Å². The van der Waals surface area contributed by atoms with Gasteiger partial charge < -0.3 is 0 Å². The minimum absolute atomic E-state index is 0.157. The van der Waals surface area contributed by atoms with Crippen LogP contribution in [-0.4, -0.2) is 24.5 Å². The number of fused-ring (bicyclic) bond motifs is 1. The van der Waals surface area contributed by atoms with Gasteiger partial charge in [-0.1, -0.05) is 42.1 Å². The van der Waals surface area contributed by atoms with Gasteiger partial charge in [0.2, 0.25) is 0 Å². The van der Waals surface area contributed by atoms with Crippen molar-refractivity contribution in [3.05, 3.63) is 107 Å². The molecule has 0 spiro atoms. The van der Waals surface area contributed by atoms with Crippen molar-refractivity contribution in [2.75, 3.05) is 0 Å². The highest BCUT2D eigenvalue weighted by molar-refractivity contribution is 7.98. The Morgan fingerprint density at radius 1 is 0.906 bits per heavy atom. The summed E-state index contributed by atoms with van der Waals surface area (Å²) >= 11 is 1.41. The molecule has 5 aromatic rings. The van der Waals surface area contributed by atoms with Crippen LogP contribution in [0.1, 0.15) is 11.3 Å². The monoisotopic (exact) mass is 436 g/mol. The largest absolute Gasteiger partial charge is 0.268 e. The molecule has 0 aliphatic heterocycles. The normalized spacial score (nSPS) is 10.8. The molecule has 3 aromatic carbocycles. The first-order valence-electron chi connectivity index (χ1n) is 9.85. The number of hydrogen-bond donors (Lipinski definition) is 0. The second kappa shape index (κ2) is 8.49. The second-order valence-corrected chi connectivity index (χ2v) is 7.90. The van der Waals surface area contributed by atoms with E-state index in [2.05, 4.69) is 16.3 Å². The average molecular weight is 437 g/mol. The molecular weight excluding hydrogens is 420 g/mol. The Balaban J connectivity index is 1.52. The van der Waals surface area contributed by atoms with Crippen LogP contribution in [0.4, 0.5) is 0 Å². The summed E-state index contributed by atoms with van der Waals surface area (Å²) in [5.74, 6) is 0.494. The molecule has 0 fully saturated rings. The van der Waals surface area contributed by atoms with Crippen LogP contribution in [-0.2, 0) is 5.75 Å². The summed E-state index contributed by atoms with van der Waals surface area (Å²) in [4.78, 5) is 19.6. The Hall–Kier alpha value is -4.22. The molecule has 2 heterocycles. The average Bonchev–Trinajstić information content (AvgIpc) is 3.33. The van der Waals surface area contributed by atoms with Crippen LogP contribution in [0.15, 0.2) is 95.0 Å². The molecule has 0 aliphatic rings. The maximum absolute atomic E-state index is 13.3. The van der Waals surface area contributed by atoms with Crippen molar-refractivity contribution in [1.82, 2.24) is 24.5 Å². The van der Waals surface area contributed by atoms with Gasteiger partial charge in [0.05, 0.1) is 45.8 Å². The minimum Gasteiger partial charge on any atom is -0.268 e. The third-order valence-corrected chi connectivity index (χ3v) is 5.85. The lowest BCUT2D eigenvalue weighted by Gasteiger charge is -2.13. The van der Waals surface area contributed by atoms with E-state index in [-0.39, 0.29) is 5.56 Å². The number of rotatable bonds is 5. The summed E-state index contributed by atoms with van der Waals surface area (Å²) in [6.45, 7) is 0. The van der Waals surface area contributed by atoms with Crippen molar-refractivity contribution in [2.24, 2.45) is 0 Å². The van der Waals surface area contributed by atoms with E-state index in [0.717, 1.165) is 11.4 Å². The molecule has 0 saturated heterocycles. The zero-order chi connectivity index (χ0) is 21.9. The standard InChI is InChI=1S/C24H16N6OS/c25-14-17-10-12-19(13-11-17)29-23(31)21-8-4-5-9-22(21)27-24(29)32-16-18-15-26-30(28-18)20-6-2-1-3-7-20/h1-13,15H,16H2. The summed E-state index contributed by atoms with van der Waals surface area (Å²) in [7, 11) is 0. The lowest BCUT2D eigenvalue weighted by atomic mass is 10.2. The van der Waals surface area contributed by atoms with Gasteiger partial charge in [0.1, 0.15) is 0 Å². The van der Waals surface area contributed by atoms with Crippen LogP contribution in [0.5, 0.6) is 0 Å². The van der Waals surface area contributed by atoms with Gasteiger partial charge >= 0.3 is 0 Å². The topological polar surface area (TPSA) is 89.4 Å². The maximum atomic E-state index is 13.3. The van der Waals surface area contributed by atoms with Gasteiger partial charge in [0.25, 0.3) is 5.56 Å². The number of para-hydroxylation sites is 2. The summed E-state index contributed by atoms with van der Waals surface area (Å²) < 4.78 is 1.58. The van der Waals surface area contributed by atoms with E-state index < -0.39 is 0 Å². The Kier molecular flexibility index (Phi) is 5.24. The third-order valence-electron chi connectivity index (χ3n) is 4.88. The lowest BCUT2D eigenvalue weighted by Crippen LogP contribution is -2.21. The number of hydrogen-bond acceptors (Lipinski definition) is 6. The molecule has 0 unspecified atom stereocenters. The van der Waals surface area contributed by atoms with Gasteiger partial charge in [-0.2, -0.15) is 20.3 Å². The molecule has 0 bridgehead atoms. The Morgan fingerprint density at radius 3 is 2.44 bits per heavy atom. The summed E-state index contributed by atoms with van der Waals surface area (Å²) in [6.07, 6.45) is 1.71. The lowest BCUT2D eigenvalue weighted by molar-refractivity contribution is 0.744. The maximum Gasteiger partial charge on any atom is 0.266 e. The van der Waals surface area contributed by atoms with E-state index in [9.17, 15) is 4.79 Å². The molecule has 0 radical (unpaired) electrons. The first-order valence-corrected chi connectivity index (χ1v) is 10.8. The van der Waals surface area contributed by atoms with E-state index in [0.29, 0.717) is 33.1 Å². The molecule has 8 heteroatoms. The first kappa shape index (κ1) is 19.7. The summed E-state index contributed by atoms with van der Waals surface area (Å²) in [5.41, 5.74) is 3.31. The zero-order valence-electron chi connectivity index (χ0n) is 16.8. The highest BCUT2D eigenvalue weighted by Crippen LogP contribution is 2.24. The van der Waals surface area contributed by atoms with Gasteiger partial charge in [-0.3, -0.25) is 9.36 Å². The van der Waals surface area contributed by atoms with Crippen LogP contribution in [0.25, 0.3) is 22.3 Å². The predicted octanol–water partition coefficient (Wildman–Crippen LogP) is 4.13. The van der Waals surface area contributed by atoms with E-state index in [4.69, 9.17) is 10.2 Å². The van der Waals surface area contributed by atoms with E-state index >= 15 is 0 Å². The Morgan fingerprint density at radius 2 is 1.66 bits per heavy atom. The fraction of sp³-hybridized carbons (Fsp3) is 0.0417. The summed E-state index contributed by atoms with van der Waals surface area (Å²) in [5, 5.41) is 19.1. The number of nitrogens with zero attached hydrogens (tertiary/aromatic N) is 6. The fourth-order valence-corrected chi connectivity index (χ4v) is 4.20. The Bertz CT molecular complexity index is 1500. The van der Waals surface area contributed by atoms with Gasteiger partial charge in [0.15, 0.2) is 5.16 Å². The first-order chi connectivity index (χ1) is 15.7. The van der Waals surface area contributed by atoms with Crippen LogP contribution in [0, 0.1) is 11.3 Å². The smallest absolute Gasteiger partial charge is 0.266 e. The molecule has 0 saturated carbocycles. The van der Waals surface area contributed by atoms with Gasteiger partial charge in [-0.25, -0.2) is 4.98 Å². The molecule has 0 atom stereocenters. The molecule has 0 N–H and O–H groups in total. The van der Waals surface area contributed by atoms with Crippen molar-refractivity contribution >= 4 is 22.7 Å². The molecule has 32 heavy (non-hydrogen) atoms. The van der Waals surface area contributed by atoms with Crippen molar-refractivity contribution in [1.29, 1.82) is 5.26 Å². The van der Waals surface area contributed by atoms with Crippen molar-refractivity contribution < 1.29 is 0 Å². The third kappa shape index (κ3) is 3.77. The van der Waals surface area contributed by atoms with Gasteiger partial charge in [0, 0.05) is 5.75 Å². The van der Waals surface area contributed by atoms with Gasteiger partial charge in [-0.15, -0.1) is 0 Å². The van der Waals surface area contributed by atoms with Crippen LogP contribution < -0.4 is 5.56 Å². The van der Waals surface area contributed by atoms with E-state index in [1.165, 1.54) is 11.8 Å². The number of aromatic nitrogens is 5. The van der Waals surface area contributed by atoms with Crippen LogP contribution in [0.3, 0.4) is 0 Å². The van der Waals surface area contributed by atoms with Crippen LogP contribution in [0.2, 0.25) is 0 Å². The quantitative estimate of drug-likeness (QED) is 0.304. The van der Waals surface area contributed by atoms with E-state index in [1.54, 1.807) is 45.9 Å². The minimum atomic E-state index is -0.157. The van der Waals surface area contributed by atoms with Crippen LogP contribution >= 0.6 is 11.8 Å². The highest BCUT2D eigenvalue weighted by atomic mass is 32.2. The number of benzene rings is 3. The molecule has 2 aromatic heterocycles. The molecular formula is C24H16N6OS. The second-order valence-electron chi connectivity index (χ2n) is 6.96. The summed E-state index contributed by atoms with van der Waals surface area (Å²) in [6, 6.07) is 26.0. The molecule has 154 valence electrons. The molecule has 0 amide bonds. The number of nitriles is 1. The predicted molar refractivity (Wildman–Crippen MR) is 123 cm³/mol. The zero-order valence-corrected chi connectivity index (χ0v) is 17.6. The van der Waals surface area contributed by atoms with Crippen molar-refractivity contribution in [3.63, 3.8) is 0 Å². The van der Waals surface area contributed by atoms with Crippen molar-refractivity contribution in [3.8, 4) is 17.4 Å². The van der Waals surface area contributed by atoms with Gasteiger partial charge in [-0.05, 0) is 48.5 Å². The SMILES string of the molecule is N#Cc1ccc(-n2c(SCc3cnn(-c4ccccc4)n3)nc3ccccc3c2=O)cc1. The van der Waals surface area contributed by atoms with Crippen molar-refractivity contribution in [2.45, 2.75) is 10.9 Å². The fourth-order valence-electron chi connectivity index (χ4n) is 3.31. The molecule has 0 aliphatic carbocycles. The highest BCUT2D eigenvalue weighted by Gasteiger charge is 2.14.